The van der Waals surface area contributed by atoms with Crippen molar-refractivity contribution < 1.29 is 9.53 Å². The van der Waals surface area contributed by atoms with Crippen molar-refractivity contribution in [3.8, 4) is 0 Å². The van der Waals surface area contributed by atoms with Gasteiger partial charge in [-0.15, -0.1) is 0 Å². The quantitative estimate of drug-likeness (QED) is 0.838. The second kappa shape index (κ2) is 6.59. The van der Waals surface area contributed by atoms with Gasteiger partial charge in [0, 0.05) is 44.1 Å². The highest BCUT2D eigenvalue weighted by Gasteiger charge is 2.50. The maximum atomic E-state index is 12.8. The summed E-state index contributed by atoms with van der Waals surface area (Å²) >= 11 is 0. The average Bonchev–Trinajstić information content (AvgIpc) is 3.29. The molecule has 1 saturated heterocycles. The predicted octanol–water partition coefficient (Wildman–Crippen LogP) is 2.27. The van der Waals surface area contributed by atoms with Crippen LogP contribution in [-0.4, -0.2) is 45.3 Å². The van der Waals surface area contributed by atoms with Crippen molar-refractivity contribution in [2.45, 2.75) is 25.9 Å². The van der Waals surface area contributed by atoms with Crippen LogP contribution in [0, 0.1) is 11.3 Å². The number of pyridine rings is 1. The van der Waals surface area contributed by atoms with E-state index in [2.05, 4.69) is 10.1 Å². The van der Waals surface area contributed by atoms with Crippen LogP contribution >= 0.6 is 0 Å². The zero-order chi connectivity index (χ0) is 17.3. The number of carbonyl (C=O) groups is 1. The van der Waals surface area contributed by atoms with Crippen LogP contribution in [0.15, 0.2) is 36.9 Å². The molecule has 0 spiro atoms. The smallest absolute Gasteiger partial charge is 0.257 e. The Balaban J connectivity index is 1.41. The molecule has 0 bridgehead atoms. The standard InChI is InChI=1S/C19H24N4O2/c1-22-10-16(9-21-22)18(24)23-11-17-3-2-6-19(17,13-23)14-25-12-15-4-7-20-8-5-15/h4-5,7-10,17H,2-3,6,11-14H2,1H3/t17-,19+/m1/s1. The number of nitrogens with zero attached hydrogens (tertiary/aromatic N) is 4. The van der Waals surface area contributed by atoms with Crippen molar-refractivity contribution in [2.24, 2.45) is 18.4 Å². The van der Waals surface area contributed by atoms with E-state index in [0.717, 1.165) is 31.7 Å². The number of amides is 1. The van der Waals surface area contributed by atoms with Gasteiger partial charge in [-0.25, -0.2) is 0 Å². The van der Waals surface area contributed by atoms with E-state index < -0.39 is 0 Å². The van der Waals surface area contributed by atoms with E-state index in [-0.39, 0.29) is 11.3 Å². The number of hydrogen-bond donors (Lipinski definition) is 0. The summed E-state index contributed by atoms with van der Waals surface area (Å²) in [6.45, 7) is 2.96. The van der Waals surface area contributed by atoms with Gasteiger partial charge in [0.05, 0.1) is 25.0 Å². The first-order valence-corrected chi connectivity index (χ1v) is 8.91. The Morgan fingerprint density at radius 3 is 3.00 bits per heavy atom. The number of rotatable bonds is 5. The van der Waals surface area contributed by atoms with Gasteiger partial charge in [-0.05, 0) is 36.5 Å². The Morgan fingerprint density at radius 1 is 1.40 bits per heavy atom. The molecule has 1 saturated carbocycles. The van der Waals surface area contributed by atoms with E-state index in [1.807, 2.05) is 24.1 Å². The first-order valence-electron chi connectivity index (χ1n) is 8.91. The number of aryl methyl sites for hydroxylation is 1. The van der Waals surface area contributed by atoms with Crippen LogP contribution in [-0.2, 0) is 18.4 Å². The highest BCUT2D eigenvalue weighted by Crippen LogP contribution is 2.49. The largest absolute Gasteiger partial charge is 0.376 e. The van der Waals surface area contributed by atoms with Gasteiger partial charge in [0.25, 0.3) is 5.91 Å². The minimum atomic E-state index is 0.0935. The number of fused-ring (bicyclic) bond motifs is 1. The summed E-state index contributed by atoms with van der Waals surface area (Å²) in [6, 6.07) is 3.97. The Morgan fingerprint density at radius 2 is 2.24 bits per heavy atom. The fourth-order valence-electron chi connectivity index (χ4n) is 4.37. The third-order valence-electron chi connectivity index (χ3n) is 5.69. The molecular weight excluding hydrogens is 316 g/mol. The van der Waals surface area contributed by atoms with Crippen molar-refractivity contribution >= 4 is 5.91 Å². The van der Waals surface area contributed by atoms with Crippen LogP contribution in [0.25, 0.3) is 0 Å². The highest BCUT2D eigenvalue weighted by atomic mass is 16.5. The van der Waals surface area contributed by atoms with E-state index >= 15 is 0 Å². The molecule has 2 aliphatic rings. The van der Waals surface area contributed by atoms with E-state index in [9.17, 15) is 4.79 Å². The van der Waals surface area contributed by atoms with Gasteiger partial charge < -0.3 is 9.64 Å². The molecule has 2 atom stereocenters. The van der Waals surface area contributed by atoms with Crippen LogP contribution < -0.4 is 0 Å². The SMILES string of the molecule is Cn1cc(C(=O)N2C[C@H]3CCC[C@@]3(COCc3ccncc3)C2)cn1. The molecule has 6 nitrogen and oxygen atoms in total. The fourth-order valence-corrected chi connectivity index (χ4v) is 4.37. The zero-order valence-electron chi connectivity index (χ0n) is 14.6. The summed E-state index contributed by atoms with van der Waals surface area (Å²) in [5.41, 5.74) is 1.93. The van der Waals surface area contributed by atoms with Gasteiger partial charge >= 0.3 is 0 Å². The van der Waals surface area contributed by atoms with E-state index in [1.165, 1.54) is 12.8 Å². The molecule has 1 amide bonds. The lowest BCUT2D eigenvalue weighted by atomic mass is 9.81. The summed E-state index contributed by atoms with van der Waals surface area (Å²) < 4.78 is 7.74. The lowest BCUT2D eigenvalue weighted by molar-refractivity contribution is 0.0265. The van der Waals surface area contributed by atoms with Gasteiger partial charge in [-0.3, -0.25) is 14.5 Å². The van der Waals surface area contributed by atoms with Crippen LogP contribution in [0.1, 0.15) is 35.2 Å². The Kier molecular flexibility index (Phi) is 4.29. The maximum absolute atomic E-state index is 12.8. The predicted molar refractivity (Wildman–Crippen MR) is 92.8 cm³/mol. The summed E-state index contributed by atoms with van der Waals surface area (Å²) in [5.74, 6) is 0.640. The molecule has 1 aliphatic carbocycles. The number of ether oxygens (including phenoxy) is 1. The molecule has 4 rings (SSSR count). The minimum Gasteiger partial charge on any atom is -0.376 e. The van der Waals surface area contributed by atoms with E-state index in [0.29, 0.717) is 18.1 Å². The number of likely N-dealkylation sites (tertiary alicyclic amines) is 1. The fraction of sp³-hybridized carbons (Fsp3) is 0.526. The topological polar surface area (TPSA) is 60.2 Å². The van der Waals surface area contributed by atoms with Crippen LogP contribution in [0.4, 0.5) is 0 Å². The van der Waals surface area contributed by atoms with Gasteiger partial charge in [0.15, 0.2) is 0 Å². The summed E-state index contributed by atoms with van der Waals surface area (Å²) in [5, 5.41) is 4.12. The number of hydrogen-bond acceptors (Lipinski definition) is 4. The average molecular weight is 340 g/mol. The third-order valence-corrected chi connectivity index (χ3v) is 5.69. The molecule has 2 aromatic heterocycles. The summed E-state index contributed by atoms with van der Waals surface area (Å²) in [4.78, 5) is 18.8. The molecule has 3 heterocycles. The lowest BCUT2D eigenvalue weighted by Crippen LogP contribution is -2.34. The molecule has 132 valence electrons. The minimum absolute atomic E-state index is 0.0935. The molecule has 0 N–H and O–H groups in total. The second-order valence-electron chi connectivity index (χ2n) is 7.39. The molecule has 25 heavy (non-hydrogen) atoms. The Labute approximate surface area is 147 Å². The second-order valence-corrected chi connectivity index (χ2v) is 7.39. The molecule has 1 aliphatic heterocycles. The Bertz CT molecular complexity index is 745. The molecule has 0 aromatic carbocycles. The third kappa shape index (κ3) is 3.18. The first-order chi connectivity index (χ1) is 12.2. The van der Waals surface area contributed by atoms with Crippen molar-refractivity contribution in [3.63, 3.8) is 0 Å². The summed E-state index contributed by atoms with van der Waals surface area (Å²) in [6.07, 6.45) is 10.6. The number of aromatic nitrogens is 3. The normalized spacial score (nSPS) is 25.3. The van der Waals surface area contributed by atoms with Crippen molar-refractivity contribution in [2.75, 3.05) is 19.7 Å². The number of carbonyl (C=O) groups excluding carboxylic acids is 1. The lowest BCUT2D eigenvalue weighted by Gasteiger charge is -2.28. The zero-order valence-corrected chi connectivity index (χ0v) is 14.6. The van der Waals surface area contributed by atoms with Crippen molar-refractivity contribution in [1.82, 2.24) is 19.7 Å². The molecule has 0 unspecified atom stereocenters. The van der Waals surface area contributed by atoms with Gasteiger partial charge in [0.1, 0.15) is 0 Å². The van der Waals surface area contributed by atoms with Crippen molar-refractivity contribution in [3.05, 3.63) is 48.0 Å². The monoisotopic (exact) mass is 340 g/mol. The van der Waals surface area contributed by atoms with Crippen LogP contribution in [0.2, 0.25) is 0 Å². The van der Waals surface area contributed by atoms with Crippen LogP contribution in [0.5, 0.6) is 0 Å². The molecule has 2 aromatic rings. The molecular formula is C19H24N4O2. The highest BCUT2D eigenvalue weighted by molar-refractivity contribution is 5.94. The Hall–Kier alpha value is -2.21. The van der Waals surface area contributed by atoms with Gasteiger partial charge in [0.2, 0.25) is 0 Å². The summed E-state index contributed by atoms with van der Waals surface area (Å²) in [7, 11) is 1.84. The van der Waals surface area contributed by atoms with Gasteiger partial charge in [-0.1, -0.05) is 6.42 Å². The van der Waals surface area contributed by atoms with Gasteiger partial charge in [-0.2, -0.15) is 5.10 Å². The molecule has 0 radical (unpaired) electrons. The molecule has 6 heteroatoms. The maximum Gasteiger partial charge on any atom is 0.257 e. The van der Waals surface area contributed by atoms with E-state index in [4.69, 9.17) is 4.74 Å². The van der Waals surface area contributed by atoms with E-state index in [1.54, 1.807) is 29.5 Å². The molecule has 2 fully saturated rings. The van der Waals surface area contributed by atoms with Crippen molar-refractivity contribution in [1.29, 1.82) is 0 Å². The first kappa shape index (κ1) is 16.3. The van der Waals surface area contributed by atoms with Crippen LogP contribution in [0.3, 0.4) is 0 Å².